The first-order valence-corrected chi connectivity index (χ1v) is 6.75. The van der Waals surface area contributed by atoms with Gasteiger partial charge in [-0.15, -0.1) is 0 Å². The Hall–Kier alpha value is -0.800. The maximum atomic E-state index is 5.40. The predicted molar refractivity (Wildman–Crippen MR) is 72.0 cm³/mol. The van der Waals surface area contributed by atoms with Gasteiger partial charge in [0.2, 0.25) is 0 Å². The lowest BCUT2D eigenvalue weighted by Gasteiger charge is -2.27. The molecule has 1 aromatic rings. The largest absolute Gasteiger partial charge is 0.468 e. The fourth-order valence-corrected chi connectivity index (χ4v) is 1.92. The summed E-state index contributed by atoms with van der Waals surface area (Å²) in [6.07, 6.45) is 4.26. The molecule has 0 saturated heterocycles. The molecular weight excluding hydrogens is 212 g/mol. The number of hydrogen-bond acceptors (Lipinski definition) is 3. The Bertz CT molecular complexity index is 272. The summed E-state index contributed by atoms with van der Waals surface area (Å²) in [5.41, 5.74) is 0. The van der Waals surface area contributed by atoms with Gasteiger partial charge in [-0.05, 0) is 38.6 Å². The van der Waals surface area contributed by atoms with Crippen LogP contribution in [0, 0.1) is 0 Å². The molecule has 98 valence electrons. The molecular formula is C14H26N2O. The summed E-state index contributed by atoms with van der Waals surface area (Å²) in [4.78, 5) is 2.43. The second kappa shape index (κ2) is 8.31. The highest BCUT2D eigenvalue weighted by atomic mass is 16.3. The van der Waals surface area contributed by atoms with E-state index in [0.29, 0.717) is 6.04 Å². The van der Waals surface area contributed by atoms with Crippen LogP contribution >= 0.6 is 0 Å². The highest BCUT2D eigenvalue weighted by Crippen LogP contribution is 2.08. The van der Waals surface area contributed by atoms with Gasteiger partial charge in [-0.1, -0.05) is 20.3 Å². The van der Waals surface area contributed by atoms with Crippen molar-refractivity contribution in [3.63, 3.8) is 0 Å². The molecule has 0 amide bonds. The zero-order valence-electron chi connectivity index (χ0n) is 11.4. The van der Waals surface area contributed by atoms with Crippen molar-refractivity contribution in [1.82, 2.24) is 10.2 Å². The molecule has 3 nitrogen and oxygen atoms in total. The lowest BCUT2D eigenvalue weighted by molar-refractivity contribution is 0.191. The molecule has 1 N–H and O–H groups in total. The first-order chi connectivity index (χ1) is 8.27. The Labute approximate surface area is 105 Å². The fraction of sp³-hybridized carbons (Fsp3) is 0.714. The predicted octanol–water partition coefficient (Wildman–Crippen LogP) is 2.88. The molecule has 3 heteroatoms. The van der Waals surface area contributed by atoms with E-state index >= 15 is 0 Å². The summed E-state index contributed by atoms with van der Waals surface area (Å²) in [6, 6.07) is 4.54. The van der Waals surface area contributed by atoms with Gasteiger partial charge >= 0.3 is 0 Å². The number of unbranched alkanes of at least 4 members (excludes halogenated alkanes) is 1. The van der Waals surface area contributed by atoms with E-state index in [4.69, 9.17) is 4.42 Å². The number of furan rings is 1. The molecule has 0 fully saturated rings. The third-order valence-corrected chi connectivity index (χ3v) is 3.12. The van der Waals surface area contributed by atoms with Crippen LogP contribution in [0.15, 0.2) is 22.8 Å². The molecule has 0 aliphatic heterocycles. The highest BCUT2D eigenvalue weighted by Gasteiger charge is 2.12. The van der Waals surface area contributed by atoms with E-state index in [9.17, 15) is 0 Å². The van der Waals surface area contributed by atoms with E-state index in [-0.39, 0.29) is 0 Å². The fourth-order valence-electron chi connectivity index (χ4n) is 1.92. The second-order valence-corrected chi connectivity index (χ2v) is 4.55. The quantitative estimate of drug-likeness (QED) is 0.671. The van der Waals surface area contributed by atoms with Gasteiger partial charge < -0.3 is 9.73 Å². The lowest BCUT2D eigenvalue weighted by Crippen LogP contribution is -2.40. The first kappa shape index (κ1) is 14.3. The van der Waals surface area contributed by atoms with Gasteiger partial charge in [0.1, 0.15) is 5.76 Å². The summed E-state index contributed by atoms with van der Waals surface area (Å²) in [6.45, 7) is 10.8. The lowest BCUT2D eigenvalue weighted by atomic mass is 10.2. The van der Waals surface area contributed by atoms with Crippen LogP contribution < -0.4 is 5.32 Å². The van der Waals surface area contributed by atoms with E-state index < -0.39 is 0 Å². The van der Waals surface area contributed by atoms with Crippen LogP contribution in [-0.4, -0.2) is 30.6 Å². The SMILES string of the molecule is CCCCNCC(C)N(CC)Cc1ccco1. The van der Waals surface area contributed by atoms with Gasteiger partial charge in [0.15, 0.2) is 0 Å². The minimum Gasteiger partial charge on any atom is -0.468 e. The molecule has 17 heavy (non-hydrogen) atoms. The Balaban J connectivity index is 2.28. The normalized spacial score (nSPS) is 13.2. The van der Waals surface area contributed by atoms with Crippen molar-refractivity contribution >= 4 is 0 Å². The first-order valence-electron chi connectivity index (χ1n) is 6.75. The van der Waals surface area contributed by atoms with Crippen molar-refractivity contribution in [2.75, 3.05) is 19.6 Å². The standard InChI is InChI=1S/C14H26N2O/c1-4-6-9-15-11-13(3)16(5-2)12-14-8-7-10-17-14/h7-8,10,13,15H,4-6,9,11-12H2,1-3H3. The number of rotatable bonds is 9. The topological polar surface area (TPSA) is 28.4 Å². The molecule has 0 aliphatic rings. The maximum absolute atomic E-state index is 5.40. The molecule has 0 bridgehead atoms. The van der Waals surface area contributed by atoms with Crippen LogP contribution in [0.1, 0.15) is 39.4 Å². The van der Waals surface area contributed by atoms with Crippen LogP contribution in [0.4, 0.5) is 0 Å². The van der Waals surface area contributed by atoms with E-state index in [1.807, 2.05) is 12.1 Å². The van der Waals surface area contributed by atoms with Gasteiger partial charge in [-0.2, -0.15) is 0 Å². The summed E-state index contributed by atoms with van der Waals surface area (Å²) < 4.78 is 5.40. The molecule has 1 atom stereocenters. The molecule has 1 heterocycles. The van der Waals surface area contributed by atoms with Crippen molar-refractivity contribution in [3.8, 4) is 0 Å². The molecule has 0 saturated carbocycles. The number of nitrogens with zero attached hydrogens (tertiary/aromatic N) is 1. The second-order valence-electron chi connectivity index (χ2n) is 4.55. The number of likely N-dealkylation sites (N-methyl/N-ethyl adjacent to an activating group) is 1. The van der Waals surface area contributed by atoms with Crippen molar-refractivity contribution in [2.24, 2.45) is 0 Å². The average molecular weight is 238 g/mol. The zero-order chi connectivity index (χ0) is 12.5. The van der Waals surface area contributed by atoms with Crippen molar-refractivity contribution in [2.45, 2.75) is 46.2 Å². The van der Waals surface area contributed by atoms with Gasteiger partial charge in [0, 0.05) is 12.6 Å². The molecule has 1 rings (SSSR count). The van der Waals surface area contributed by atoms with E-state index in [2.05, 4.69) is 31.0 Å². The van der Waals surface area contributed by atoms with Gasteiger partial charge in [0.25, 0.3) is 0 Å². The Morgan fingerprint density at radius 1 is 1.41 bits per heavy atom. The zero-order valence-corrected chi connectivity index (χ0v) is 11.4. The van der Waals surface area contributed by atoms with Gasteiger partial charge in [-0.25, -0.2) is 0 Å². The summed E-state index contributed by atoms with van der Waals surface area (Å²) in [5.74, 6) is 1.05. The van der Waals surface area contributed by atoms with Crippen LogP contribution in [0.5, 0.6) is 0 Å². The van der Waals surface area contributed by atoms with Crippen LogP contribution in [0.25, 0.3) is 0 Å². The van der Waals surface area contributed by atoms with Crippen molar-refractivity contribution in [3.05, 3.63) is 24.2 Å². The summed E-state index contributed by atoms with van der Waals surface area (Å²) in [7, 11) is 0. The highest BCUT2D eigenvalue weighted by molar-refractivity contribution is 4.98. The number of nitrogens with one attached hydrogen (secondary N) is 1. The van der Waals surface area contributed by atoms with Crippen molar-refractivity contribution in [1.29, 1.82) is 0 Å². The molecule has 0 aromatic carbocycles. The van der Waals surface area contributed by atoms with E-state index in [0.717, 1.165) is 31.9 Å². The van der Waals surface area contributed by atoms with Crippen LogP contribution in [-0.2, 0) is 6.54 Å². The monoisotopic (exact) mass is 238 g/mol. The van der Waals surface area contributed by atoms with Gasteiger partial charge in [0.05, 0.1) is 12.8 Å². The summed E-state index contributed by atoms with van der Waals surface area (Å²) in [5, 5.41) is 3.51. The average Bonchev–Trinajstić information content (AvgIpc) is 2.84. The molecule has 1 unspecified atom stereocenters. The third-order valence-electron chi connectivity index (χ3n) is 3.12. The maximum Gasteiger partial charge on any atom is 0.117 e. The Kier molecular flexibility index (Phi) is 6.97. The Morgan fingerprint density at radius 3 is 2.82 bits per heavy atom. The Morgan fingerprint density at radius 2 is 2.24 bits per heavy atom. The molecule has 1 aromatic heterocycles. The molecule has 0 spiro atoms. The third kappa shape index (κ3) is 5.37. The smallest absolute Gasteiger partial charge is 0.117 e. The van der Waals surface area contributed by atoms with Crippen LogP contribution in [0.3, 0.4) is 0 Å². The van der Waals surface area contributed by atoms with Crippen molar-refractivity contribution < 1.29 is 4.42 Å². The molecule has 0 aliphatic carbocycles. The molecule has 0 radical (unpaired) electrons. The van der Waals surface area contributed by atoms with E-state index in [1.165, 1.54) is 12.8 Å². The number of hydrogen-bond donors (Lipinski definition) is 1. The van der Waals surface area contributed by atoms with E-state index in [1.54, 1.807) is 6.26 Å². The minimum absolute atomic E-state index is 0.543. The summed E-state index contributed by atoms with van der Waals surface area (Å²) >= 11 is 0. The minimum atomic E-state index is 0.543. The van der Waals surface area contributed by atoms with Gasteiger partial charge in [-0.3, -0.25) is 4.90 Å². The van der Waals surface area contributed by atoms with Crippen LogP contribution in [0.2, 0.25) is 0 Å².